The third-order valence-corrected chi connectivity index (χ3v) is 3.09. The zero-order valence-corrected chi connectivity index (χ0v) is 10.6. The summed E-state index contributed by atoms with van der Waals surface area (Å²) in [6, 6.07) is 8.54. The second-order valence-corrected chi connectivity index (χ2v) is 4.56. The third kappa shape index (κ3) is 2.08. The number of nitrogen functional groups attached to an aromatic ring is 1. The molecule has 0 bridgehead atoms. The molecule has 0 unspecified atom stereocenters. The van der Waals surface area contributed by atoms with Gasteiger partial charge in [0.1, 0.15) is 0 Å². The molecule has 5 nitrogen and oxygen atoms in total. The fourth-order valence-corrected chi connectivity index (χ4v) is 2.12. The number of oxazole rings is 1. The largest absolute Gasteiger partial charge is 0.421 e. The molecule has 19 heavy (non-hydrogen) atoms. The molecule has 0 saturated carbocycles. The molecule has 0 aliphatic heterocycles. The Morgan fingerprint density at radius 3 is 3.05 bits per heavy atom. The van der Waals surface area contributed by atoms with Gasteiger partial charge in [-0.25, -0.2) is 9.78 Å². The summed E-state index contributed by atoms with van der Waals surface area (Å²) < 4.78 is 6.54. The first-order chi connectivity index (χ1) is 9.15. The monoisotopic (exact) mass is 275 g/mol. The Bertz CT molecular complexity index is 807. The van der Waals surface area contributed by atoms with Crippen molar-refractivity contribution >= 4 is 28.5 Å². The van der Waals surface area contributed by atoms with Crippen molar-refractivity contribution in [2.75, 3.05) is 5.73 Å². The molecule has 0 fully saturated rings. The minimum Gasteiger partial charge on any atom is -0.406 e. The third-order valence-electron chi connectivity index (χ3n) is 2.86. The van der Waals surface area contributed by atoms with Crippen LogP contribution < -0.4 is 11.5 Å². The van der Waals surface area contributed by atoms with Gasteiger partial charge in [0.25, 0.3) is 0 Å². The lowest BCUT2D eigenvalue weighted by Gasteiger charge is -2.06. The van der Waals surface area contributed by atoms with Gasteiger partial charge in [0.2, 0.25) is 0 Å². The van der Waals surface area contributed by atoms with Gasteiger partial charge in [-0.3, -0.25) is 4.57 Å². The molecule has 0 aliphatic rings. The number of rotatable bonds is 2. The predicted octanol–water partition coefficient (Wildman–Crippen LogP) is 2.27. The second-order valence-electron chi connectivity index (χ2n) is 4.12. The molecule has 0 amide bonds. The molecule has 2 heterocycles. The van der Waals surface area contributed by atoms with Crippen LogP contribution in [0, 0.1) is 0 Å². The smallest absolute Gasteiger partial charge is 0.406 e. The Balaban J connectivity index is 2.13. The summed E-state index contributed by atoms with van der Waals surface area (Å²) in [6.45, 7) is 0.273. The lowest BCUT2D eigenvalue weighted by molar-refractivity contribution is 0.518. The summed E-state index contributed by atoms with van der Waals surface area (Å²) in [7, 11) is 0. The number of fused-ring (bicyclic) bond motifs is 1. The van der Waals surface area contributed by atoms with Crippen molar-refractivity contribution < 1.29 is 4.42 Å². The molecule has 2 N–H and O–H groups in total. The van der Waals surface area contributed by atoms with Crippen molar-refractivity contribution in [3.8, 4) is 0 Å². The van der Waals surface area contributed by atoms with Gasteiger partial charge in [0.05, 0.1) is 6.54 Å². The second kappa shape index (κ2) is 4.44. The first-order valence-electron chi connectivity index (χ1n) is 5.63. The summed E-state index contributed by atoms with van der Waals surface area (Å²) in [5, 5.41) is 0.568. The number of nitrogens with zero attached hydrogens (tertiary/aromatic N) is 2. The van der Waals surface area contributed by atoms with Gasteiger partial charge in [-0.15, -0.1) is 0 Å². The van der Waals surface area contributed by atoms with E-state index >= 15 is 0 Å². The van der Waals surface area contributed by atoms with E-state index in [2.05, 4.69) is 4.98 Å². The van der Waals surface area contributed by atoms with Gasteiger partial charge in [0.15, 0.2) is 11.2 Å². The molecular formula is C13H10ClN3O2. The summed E-state index contributed by atoms with van der Waals surface area (Å²) in [5.41, 5.74) is 8.14. The first-order valence-corrected chi connectivity index (χ1v) is 6.01. The van der Waals surface area contributed by atoms with Gasteiger partial charge in [-0.2, -0.15) is 0 Å². The highest BCUT2D eigenvalue weighted by molar-refractivity contribution is 6.30. The zero-order valence-electron chi connectivity index (χ0n) is 9.84. The van der Waals surface area contributed by atoms with E-state index in [9.17, 15) is 4.79 Å². The van der Waals surface area contributed by atoms with Crippen molar-refractivity contribution in [1.82, 2.24) is 9.55 Å². The number of pyridine rings is 1. The van der Waals surface area contributed by atoms with Crippen molar-refractivity contribution in [1.29, 1.82) is 0 Å². The average molecular weight is 276 g/mol. The molecule has 0 atom stereocenters. The Morgan fingerprint density at radius 1 is 1.37 bits per heavy atom. The molecule has 3 rings (SSSR count). The van der Waals surface area contributed by atoms with E-state index in [1.807, 2.05) is 0 Å². The van der Waals surface area contributed by atoms with Gasteiger partial charge >= 0.3 is 5.76 Å². The highest BCUT2D eigenvalue weighted by atomic mass is 35.5. The summed E-state index contributed by atoms with van der Waals surface area (Å²) in [5.74, 6) is -0.465. The van der Waals surface area contributed by atoms with E-state index in [0.29, 0.717) is 21.9 Å². The van der Waals surface area contributed by atoms with Crippen LogP contribution in [0.5, 0.6) is 0 Å². The van der Waals surface area contributed by atoms with Crippen LogP contribution in [0.2, 0.25) is 5.02 Å². The van der Waals surface area contributed by atoms with E-state index in [1.54, 1.807) is 36.5 Å². The van der Waals surface area contributed by atoms with E-state index < -0.39 is 5.76 Å². The van der Waals surface area contributed by atoms with Gasteiger partial charge < -0.3 is 10.2 Å². The number of halogens is 1. The molecule has 0 radical (unpaired) electrons. The Morgan fingerprint density at radius 2 is 2.21 bits per heavy atom. The molecule has 2 aromatic heterocycles. The van der Waals surface area contributed by atoms with Crippen LogP contribution in [0.25, 0.3) is 11.2 Å². The topological polar surface area (TPSA) is 74.0 Å². The van der Waals surface area contributed by atoms with Crippen LogP contribution in [-0.4, -0.2) is 9.55 Å². The summed E-state index contributed by atoms with van der Waals surface area (Å²) in [6.07, 6.45) is 1.61. The molecule has 96 valence electrons. The SMILES string of the molecule is Nc1ccc(Cl)cc1Cn1c(=O)oc2cccnc21. The highest BCUT2D eigenvalue weighted by Crippen LogP contribution is 2.20. The minimum absolute atomic E-state index is 0.273. The van der Waals surface area contributed by atoms with Crippen molar-refractivity contribution in [3.63, 3.8) is 0 Å². The molecule has 0 saturated heterocycles. The van der Waals surface area contributed by atoms with Crippen LogP contribution >= 0.6 is 11.6 Å². The maximum atomic E-state index is 11.8. The van der Waals surface area contributed by atoms with Crippen LogP contribution in [0.4, 0.5) is 5.69 Å². The summed E-state index contributed by atoms with van der Waals surface area (Å²) in [4.78, 5) is 16.0. The summed E-state index contributed by atoms with van der Waals surface area (Å²) >= 11 is 5.93. The van der Waals surface area contributed by atoms with E-state index in [1.165, 1.54) is 4.57 Å². The van der Waals surface area contributed by atoms with E-state index in [-0.39, 0.29) is 6.54 Å². The van der Waals surface area contributed by atoms with Crippen LogP contribution in [0.15, 0.2) is 45.7 Å². The molecular weight excluding hydrogens is 266 g/mol. The normalized spacial score (nSPS) is 11.0. The van der Waals surface area contributed by atoms with Crippen LogP contribution in [-0.2, 0) is 6.54 Å². The number of aromatic nitrogens is 2. The predicted molar refractivity (Wildman–Crippen MR) is 73.2 cm³/mol. The Labute approximate surface area is 113 Å². The number of anilines is 1. The molecule has 0 aliphatic carbocycles. The molecule has 1 aromatic carbocycles. The molecule has 6 heteroatoms. The van der Waals surface area contributed by atoms with Gasteiger partial charge in [0, 0.05) is 16.9 Å². The quantitative estimate of drug-likeness (QED) is 0.728. The number of benzene rings is 1. The fourth-order valence-electron chi connectivity index (χ4n) is 1.92. The number of hydrogen-bond acceptors (Lipinski definition) is 4. The maximum Gasteiger partial charge on any atom is 0.421 e. The molecule has 3 aromatic rings. The van der Waals surface area contributed by atoms with Crippen LogP contribution in [0.1, 0.15) is 5.56 Å². The van der Waals surface area contributed by atoms with Crippen molar-refractivity contribution in [2.45, 2.75) is 6.54 Å². The number of nitrogens with two attached hydrogens (primary N) is 1. The van der Waals surface area contributed by atoms with Crippen LogP contribution in [0.3, 0.4) is 0 Å². The average Bonchev–Trinajstić information content (AvgIpc) is 2.71. The standard InChI is InChI=1S/C13H10ClN3O2/c14-9-3-4-10(15)8(6-9)7-17-12-11(19-13(17)18)2-1-5-16-12/h1-6H,7,15H2. The molecule has 0 spiro atoms. The maximum absolute atomic E-state index is 11.8. The van der Waals surface area contributed by atoms with Gasteiger partial charge in [-0.1, -0.05) is 11.6 Å². The Hall–Kier alpha value is -2.27. The number of hydrogen-bond donors (Lipinski definition) is 1. The van der Waals surface area contributed by atoms with Crippen molar-refractivity contribution in [2.24, 2.45) is 0 Å². The minimum atomic E-state index is -0.465. The first kappa shape index (κ1) is 11.8. The Kier molecular flexibility index (Phi) is 2.76. The lowest BCUT2D eigenvalue weighted by Crippen LogP contribution is -2.16. The van der Waals surface area contributed by atoms with Crippen molar-refractivity contribution in [3.05, 3.63) is 57.7 Å². The zero-order chi connectivity index (χ0) is 13.4. The van der Waals surface area contributed by atoms with Gasteiger partial charge in [-0.05, 0) is 35.9 Å². The highest BCUT2D eigenvalue weighted by Gasteiger charge is 2.11. The lowest BCUT2D eigenvalue weighted by atomic mass is 10.2. The van der Waals surface area contributed by atoms with E-state index in [4.69, 9.17) is 21.8 Å². The fraction of sp³-hybridized carbons (Fsp3) is 0.0769. The van der Waals surface area contributed by atoms with E-state index in [0.717, 1.165) is 5.56 Å².